The normalized spacial score (nSPS) is 15.6. The zero-order valence-electron chi connectivity index (χ0n) is 13.2. The first-order valence-electron chi connectivity index (χ1n) is 7.90. The standard InChI is InChI=1S/C17H21N3O2S/c1-2-22-16(21)12-6-8-20(9-7-12)17-19-15(11-23-17)13-4-3-5-14(18)10-13/h3-5,10-12H,2,6-9,18H2,1H3. The second-order valence-electron chi connectivity index (χ2n) is 5.65. The molecule has 2 N–H and O–H groups in total. The molecule has 0 unspecified atom stereocenters. The Morgan fingerprint density at radius 1 is 1.43 bits per heavy atom. The molecular weight excluding hydrogens is 310 g/mol. The Kier molecular flexibility index (Phi) is 4.81. The van der Waals surface area contributed by atoms with Crippen molar-refractivity contribution in [2.45, 2.75) is 19.8 Å². The lowest BCUT2D eigenvalue weighted by Crippen LogP contribution is -2.36. The molecule has 2 aromatic rings. The zero-order chi connectivity index (χ0) is 16.2. The summed E-state index contributed by atoms with van der Waals surface area (Å²) in [6, 6.07) is 7.76. The highest BCUT2D eigenvalue weighted by atomic mass is 32.1. The minimum Gasteiger partial charge on any atom is -0.466 e. The third-order valence-corrected chi connectivity index (χ3v) is 4.96. The monoisotopic (exact) mass is 331 g/mol. The molecule has 0 saturated carbocycles. The van der Waals surface area contributed by atoms with Gasteiger partial charge in [0.25, 0.3) is 0 Å². The lowest BCUT2D eigenvalue weighted by Gasteiger charge is -2.30. The van der Waals surface area contributed by atoms with Crippen molar-refractivity contribution in [3.63, 3.8) is 0 Å². The molecule has 0 amide bonds. The van der Waals surface area contributed by atoms with Crippen molar-refractivity contribution >= 4 is 28.1 Å². The van der Waals surface area contributed by atoms with Gasteiger partial charge in [-0.05, 0) is 31.9 Å². The molecule has 0 spiro atoms. The number of aromatic nitrogens is 1. The van der Waals surface area contributed by atoms with Crippen molar-refractivity contribution in [2.75, 3.05) is 30.3 Å². The first-order valence-corrected chi connectivity index (χ1v) is 8.78. The van der Waals surface area contributed by atoms with Crippen molar-refractivity contribution in [3.8, 4) is 11.3 Å². The number of benzene rings is 1. The number of hydrogen-bond acceptors (Lipinski definition) is 6. The number of carbonyl (C=O) groups excluding carboxylic acids is 1. The maximum atomic E-state index is 11.8. The number of rotatable bonds is 4. The van der Waals surface area contributed by atoms with Gasteiger partial charge in [0, 0.05) is 29.7 Å². The summed E-state index contributed by atoms with van der Waals surface area (Å²) in [7, 11) is 0. The topological polar surface area (TPSA) is 68.5 Å². The SMILES string of the molecule is CCOC(=O)C1CCN(c2nc(-c3cccc(N)c3)cs2)CC1. The molecule has 5 nitrogen and oxygen atoms in total. The van der Waals surface area contributed by atoms with E-state index in [1.165, 1.54) is 0 Å². The Morgan fingerprint density at radius 3 is 2.91 bits per heavy atom. The number of thiazole rings is 1. The number of ether oxygens (including phenoxy) is 1. The molecule has 1 aliphatic heterocycles. The average molecular weight is 331 g/mol. The molecule has 0 aliphatic carbocycles. The van der Waals surface area contributed by atoms with Crippen molar-refractivity contribution in [2.24, 2.45) is 5.92 Å². The van der Waals surface area contributed by atoms with Crippen LogP contribution < -0.4 is 10.6 Å². The molecule has 6 heteroatoms. The van der Waals surface area contributed by atoms with E-state index in [1.807, 2.05) is 31.2 Å². The van der Waals surface area contributed by atoms with E-state index in [0.29, 0.717) is 6.61 Å². The van der Waals surface area contributed by atoms with Crippen molar-refractivity contribution in [1.29, 1.82) is 0 Å². The Balaban J connectivity index is 1.65. The smallest absolute Gasteiger partial charge is 0.309 e. The quantitative estimate of drug-likeness (QED) is 0.688. The number of carbonyl (C=O) groups is 1. The molecule has 1 aliphatic rings. The first-order chi connectivity index (χ1) is 11.2. The van der Waals surface area contributed by atoms with Crippen molar-refractivity contribution < 1.29 is 9.53 Å². The number of anilines is 2. The Bertz CT molecular complexity index is 678. The summed E-state index contributed by atoms with van der Waals surface area (Å²) in [6.45, 7) is 3.98. The zero-order valence-corrected chi connectivity index (χ0v) is 14.0. The van der Waals surface area contributed by atoms with E-state index in [1.54, 1.807) is 11.3 Å². The van der Waals surface area contributed by atoms with Crippen LogP contribution in [0.4, 0.5) is 10.8 Å². The number of nitrogens with two attached hydrogens (primary N) is 1. The highest BCUT2D eigenvalue weighted by molar-refractivity contribution is 7.14. The van der Waals surface area contributed by atoms with Crippen LogP contribution in [-0.2, 0) is 9.53 Å². The molecule has 1 aromatic carbocycles. The van der Waals surface area contributed by atoms with E-state index in [9.17, 15) is 4.79 Å². The Morgan fingerprint density at radius 2 is 2.22 bits per heavy atom. The van der Waals surface area contributed by atoms with E-state index in [-0.39, 0.29) is 11.9 Å². The average Bonchev–Trinajstić information content (AvgIpc) is 3.05. The third-order valence-electron chi connectivity index (χ3n) is 4.06. The fourth-order valence-electron chi connectivity index (χ4n) is 2.81. The van der Waals surface area contributed by atoms with Gasteiger partial charge in [-0.2, -0.15) is 0 Å². The van der Waals surface area contributed by atoms with E-state index in [4.69, 9.17) is 15.5 Å². The summed E-state index contributed by atoms with van der Waals surface area (Å²) in [5.74, 6) is -0.0358. The van der Waals surface area contributed by atoms with E-state index in [2.05, 4.69) is 10.3 Å². The van der Waals surface area contributed by atoms with Gasteiger partial charge in [0.2, 0.25) is 0 Å². The number of piperidine rings is 1. The van der Waals surface area contributed by atoms with Crippen LogP contribution in [0.5, 0.6) is 0 Å². The predicted octanol–water partition coefficient (Wildman–Crippen LogP) is 3.17. The minimum absolute atomic E-state index is 0.0274. The molecule has 122 valence electrons. The van der Waals surface area contributed by atoms with Crippen LogP contribution in [0.3, 0.4) is 0 Å². The van der Waals surface area contributed by atoms with Crippen LogP contribution in [0.15, 0.2) is 29.6 Å². The van der Waals surface area contributed by atoms with Gasteiger partial charge >= 0.3 is 5.97 Å². The largest absolute Gasteiger partial charge is 0.466 e. The lowest BCUT2D eigenvalue weighted by atomic mass is 9.97. The summed E-state index contributed by atoms with van der Waals surface area (Å²) in [6.07, 6.45) is 1.65. The lowest BCUT2D eigenvalue weighted by molar-refractivity contribution is -0.148. The van der Waals surface area contributed by atoms with Gasteiger partial charge in [-0.1, -0.05) is 12.1 Å². The Hall–Kier alpha value is -2.08. The van der Waals surface area contributed by atoms with E-state index in [0.717, 1.165) is 48.0 Å². The maximum absolute atomic E-state index is 11.8. The molecular formula is C17H21N3O2S. The van der Waals surface area contributed by atoms with Gasteiger partial charge < -0.3 is 15.4 Å². The van der Waals surface area contributed by atoms with Crippen LogP contribution in [0.1, 0.15) is 19.8 Å². The molecule has 1 aromatic heterocycles. The summed E-state index contributed by atoms with van der Waals surface area (Å²) < 4.78 is 5.11. The summed E-state index contributed by atoms with van der Waals surface area (Å²) in [5, 5.41) is 3.06. The molecule has 2 heterocycles. The molecule has 23 heavy (non-hydrogen) atoms. The second kappa shape index (κ2) is 7.00. The maximum Gasteiger partial charge on any atom is 0.309 e. The number of hydrogen-bond donors (Lipinski definition) is 1. The summed E-state index contributed by atoms with van der Waals surface area (Å²) >= 11 is 1.63. The molecule has 0 bridgehead atoms. The molecule has 0 atom stereocenters. The van der Waals surface area contributed by atoms with E-state index < -0.39 is 0 Å². The van der Waals surface area contributed by atoms with Gasteiger partial charge in [0.05, 0.1) is 18.2 Å². The highest BCUT2D eigenvalue weighted by Gasteiger charge is 2.27. The summed E-state index contributed by atoms with van der Waals surface area (Å²) in [4.78, 5) is 18.8. The predicted molar refractivity (Wildman–Crippen MR) is 93.5 cm³/mol. The third kappa shape index (κ3) is 3.64. The second-order valence-corrected chi connectivity index (χ2v) is 6.49. The Labute approximate surface area is 140 Å². The number of esters is 1. The molecule has 1 saturated heterocycles. The van der Waals surface area contributed by atoms with Crippen molar-refractivity contribution in [3.05, 3.63) is 29.6 Å². The van der Waals surface area contributed by atoms with Gasteiger partial charge in [-0.3, -0.25) is 4.79 Å². The first kappa shape index (κ1) is 15.8. The van der Waals surface area contributed by atoms with Gasteiger partial charge in [0.15, 0.2) is 5.13 Å². The molecule has 3 rings (SSSR count). The van der Waals surface area contributed by atoms with Crippen LogP contribution >= 0.6 is 11.3 Å². The van der Waals surface area contributed by atoms with Gasteiger partial charge in [-0.15, -0.1) is 11.3 Å². The number of nitrogens with zero attached hydrogens (tertiary/aromatic N) is 2. The van der Waals surface area contributed by atoms with Crippen LogP contribution in [0, 0.1) is 5.92 Å². The van der Waals surface area contributed by atoms with Gasteiger partial charge in [-0.25, -0.2) is 4.98 Å². The van der Waals surface area contributed by atoms with Crippen LogP contribution in [0.25, 0.3) is 11.3 Å². The van der Waals surface area contributed by atoms with Crippen molar-refractivity contribution in [1.82, 2.24) is 4.98 Å². The minimum atomic E-state index is -0.0632. The van der Waals surface area contributed by atoms with E-state index >= 15 is 0 Å². The van der Waals surface area contributed by atoms with Gasteiger partial charge in [0.1, 0.15) is 0 Å². The molecule has 1 fully saturated rings. The fraction of sp³-hybridized carbons (Fsp3) is 0.412. The van der Waals surface area contributed by atoms with Crippen LogP contribution in [-0.4, -0.2) is 30.6 Å². The highest BCUT2D eigenvalue weighted by Crippen LogP contribution is 2.31. The number of nitrogen functional groups attached to an aromatic ring is 1. The van der Waals surface area contributed by atoms with Crippen LogP contribution in [0.2, 0.25) is 0 Å². The summed E-state index contributed by atoms with van der Waals surface area (Å²) in [5.41, 5.74) is 8.56. The molecule has 0 radical (unpaired) electrons. The fourth-order valence-corrected chi connectivity index (χ4v) is 3.70.